The second kappa shape index (κ2) is 9.39. The summed E-state index contributed by atoms with van der Waals surface area (Å²) < 4.78 is 69.1. The van der Waals surface area contributed by atoms with Gasteiger partial charge in [-0.25, -0.2) is 13.6 Å². The summed E-state index contributed by atoms with van der Waals surface area (Å²) in [5.41, 5.74) is 0.694. The van der Waals surface area contributed by atoms with Gasteiger partial charge in [-0.2, -0.15) is 13.2 Å². The molecule has 0 fully saturated rings. The van der Waals surface area contributed by atoms with Crippen molar-refractivity contribution in [3.63, 3.8) is 0 Å². The first kappa shape index (κ1) is 21.3. The van der Waals surface area contributed by atoms with Crippen molar-refractivity contribution in [3.8, 4) is 0 Å². The predicted molar refractivity (Wildman–Crippen MR) is 108 cm³/mol. The van der Waals surface area contributed by atoms with Crippen molar-refractivity contribution in [2.24, 2.45) is 4.99 Å². The summed E-state index contributed by atoms with van der Waals surface area (Å²) in [6, 6.07) is 21.2. The molecule has 0 aliphatic rings. The number of nitrogens with zero attached hydrogens (tertiary/aromatic N) is 1. The lowest BCUT2D eigenvalue weighted by Gasteiger charge is -2.11. The van der Waals surface area contributed by atoms with Crippen LogP contribution in [0.3, 0.4) is 0 Å². The van der Waals surface area contributed by atoms with Gasteiger partial charge in [0.25, 0.3) is 0 Å². The van der Waals surface area contributed by atoms with Crippen molar-refractivity contribution in [2.75, 3.05) is 0 Å². The molecule has 0 aliphatic heterocycles. The molecule has 8 heteroatoms. The molecule has 0 saturated heterocycles. The number of halogens is 5. The van der Waals surface area contributed by atoms with Gasteiger partial charge in [0.05, 0.1) is 17.0 Å². The number of hydrogen-bond donors (Lipinski definition) is 0. The van der Waals surface area contributed by atoms with E-state index in [1.165, 1.54) is 18.2 Å². The molecule has 0 aromatic heterocycles. The molecule has 152 valence electrons. The van der Waals surface area contributed by atoms with E-state index < -0.39 is 19.2 Å². The summed E-state index contributed by atoms with van der Waals surface area (Å²) in [4.78, 5) is 4.37. The highest BCUT2D eigenvalue weighted by Crippen LogP contribution is 2.30. The molecular weight excluding hydrogens is 400 g/mol. The Hall–Kier alpha value is -3.42. The Labute approximate surface area is 170 Å². The summed E-state index contributed by atoms with van der Waals surface area (Å²) in [6.07, 6.45) is -3.12. The Balaban J connectivity index is 2.08. The average Bonchev–Trinajstić information content (AvgIpc) is 2.73. The van der Waals surface area contributed by atoms with Gasteiger partial charge in [-0.1, -0.05) is 60.7 Å². The van der Waals surface area contributed by atoms with Crippen molar-refractivity contribution in [3.05, 3.63) is 108 Å². The van der Waals surface area contributed by atoms with Crippen LogP contribution in [-0.2, 0) is 10.8 Å². The number of hydrogen-bond acceptors (Lipinski definition) is 2. The fraction of sp³-hybridized carbons (Fsp3) is 0.0455. The first-order chi connectivity index (χ1) is 14.3. The Kier molecular flexibility index (Phi) is 6.67. The van der Waals surface area contributed by atoms with Gasteiger partial charge in [0.1, 0.15) is 5.76 Å². The first-order valence-corrected chi connectivity index (χ1v) is 8.86. The average molecular weight is 415 g/mol. The van der Waals surface area contributed by atoms with Gasteiger partial charge in [0.15, 0.2) is 0 Å². The molecule has 0 aliphatic carbocycles. The van der Waals surface area contributed by atoms with E-state index >= 15 is 0 Å². The van der Waals surface area contributed by atoms with Crippen molar-refractivity contribution in [1.29, 1.82) is 0 Å². The van der Waals surface area contributed by atoms with Gasteiger partial charge in [0, 0.05) is 17.2 Å². The van der Waals surface area contributed by atoms with Crippen LogP contribution in [0.25, 0.3) is 5.76 Å². The molecule has 0 bridgehead atoms. The van der Waals surface area contributed by atoms with Crippen molar-refractivity contribution in [2.45, 2.75) is 6.18 Å². The van der Waals surface area contributed by atoms with Crippen LogP contribution in [0.15, 0.2) is 96.0 Å². The summed E-state index contributed by atoms with van der Waals surface area (Å²) in [5.74, 6) is -0.111. The van der Waals surface area contributed by atoms with Crippen LogP contribution < -0.4 is 0 Å². The van der Waals surface area contributed by atoms with E-state index in [4.69, 9.17) is 0 Å². The number of benzene rings is 3. The van der Waals surface area contributed by atoms with Gasteiger partial charge in [-0.15, -0.1) is 0 Å². The molecule has 0 atom stereocenters. The third kappa shape index (κ3) is 5.79. The fourth-order valence-electron chi connectivity index (χ4n) is 2.66. The van der Waals surface area contributed by atoms with E-state index in [-0.39, 0.29) is 17.2 Å². The lowest BCUT2D eigenvalue weighted by atomic mass is 10.1. The number of aliphatic imine (C=N–C) groups is 1. The quantitative estimate of drug-likeness (QED) is 0.188. The molecule has 0 radical (unpaired) electrons. The zero-order valence-corrected chi connectivity index (χ0v) is 15.5. The molecule has 0 N–H and O–H groups in total. The molecular formula is C22H15BF5NO. The Morgan fingerprint density at radius 2 is 1.30 bits per heavy atom. The maximum Gasteiger partial charge on any atom is 0.796 e. The molecule has 3 aromatic rings. The minimum atomic E-state index is -4.46. The third-order valence-corrected chi connectivity index (χ3v) is 4.06. The van der Waals surface area contributed by atoms with Crippen LogP contribution >= 0.6 is 0 Å². The topological polar surface area (TPSA) is 21.6 Å². The zero-order chi connectivity index (χ0) is 21.6. The molecule has 0 heterocycles. The number of allylic oxidation sites excluding steroid dienone is 1. The van der Waals surface area contributed by atoms with Crippen LogP contribution in [-0.4, -0.2) is 13.2 Å². The van der Waals surface area contributed by atoms with Gasteiger partial charge in [0.2, 0.25) is 0 Å². The van der Waals surface area contributed by atoms with E-state index in [1.54, 1.807) is 60.7 Å². The summed E-state index contributed by atoms with van der Waals surface area (Å²) in [6.45, 7) is 0. The van der Waals surface area contributed by atoms with Crippen LogP contribution in [0.4, 0.5) is 27.5 Å². The van der Waals surface area contributed by atoms with Crippen molar-refractivity contribution >= 4 is 24.6 Å². The number of rotatable bonds is 6. The summed E-state index contributed by atoms with van der Waals surface area (Å²) >= 11 is 0. The Morgan fingerprint density at radius 1 is 0.767 bits per heavy atom. The van der Waals surface area contributed by atoms with E-state index in [2.05, 4.69) is 9.65 Å². The predicted octanol–water partition coefficient (Wildman–Crippen LogP) is 6.81. The largest absolute Gasteiger partial charge is 0.796 e. The molecule has 0 spiro atoms. The van der Waals surface area contributed by atoms with Crippen molar-refractivity contribution < 1.29 is 26.5 Å². The van der Waals surface area contributed by atoms with E-state index in [1.807, 2.05) is 0 Å². The highest BCUT2D eigenvalue weighted by Gasteiger charge is 2.30. The normalized spacial score (nSPS) is 12.6. The lowest BCUT2D eigenvalue weighted by Crippen LogP contribution is -2.07. The first-order valence-electron chi connectivity index (χ1n) is 8.86. The van der Waals surface area contributed by atoms with E-state index in [9.17, 15) is 21.8 Å². The van der Waals surface area contributed by atoms with Gasteiger partial charge < -0.3 is 4.65 Å². The molecule has 3 rings (SSSR count). The Bertz CT molecular complexity index is 1020. The van der Waals surface area contributed by atoms with Crippen LogP contribution in [0.2, 0.25) is 0 Å². The minimum absolute atomic E-state index is 0.111. The maximum atomic E-state index is 13.0. The van der Waals surface area contributed by atoms with Crippen LogP contribution in [0.1, 0.15) is 16.7 Å². The summed E-state index contributed by atoms with van der Waals surface area (Å²) in [5, 5.41) is 0. The Morgan fingerprint density at radius 3 is 1.80 bits per heavy atom. The second-order valence-electron chi connectivity index (χ2n) is 6.16. The van der Waals surface area contributed by atoms with Gasteiger partial charge >= 0.3 is 13.6 Å². The molecule has 0 saturated carbocycles. The van der Waals surface area contributed by atoms with E-state index in [0.717, 1.165) is 12.1 Å². The van der Waals surface area contributed by atoms with E-state index in [0.29, 0.717) is 11.1 Å². The SMILES string of the molecule is FB(F)O/C(=C\C(=Nc1ccc(C(F)(F)F)cc1)c1ccccc1)c1ccccc1. The van der Waals surface area contributed by atoms with Crippen LogP contribution in [0, 0.1) is 0 Å². The highest BCUT2D eigenvalue weighted by atomic mass is 19.4. The smallest absolute Gasteiger partial charge is 0.505 e. The molecule has 30 heavy (non-hydrogen) atoms. The molecule has 2 nitrogen and oxygen atoms in total. The summed E-state index contributed by atoms with van der Waals surface area (Å²) in [7, 11) is -3.06. The monoisotopic (exact) mass is 415 g/mol. The van der Waals surface area contributed by atoms with Gasteiger partial charge in [-0.05, 0) is 24.3 Å². The fourth-order valence-corrected chi connectivity index (χ4v) is 2.66. The van der Waals surface area contributed by atoms with Crippen LogP contribution in [0.5, 0.6) is 0 Å². The molecule has 0 amide bonds. The third-order valence-electron chi connectivity index (χ3n) is 4.06. The maximum absolute atomic E-state index is 13.0. The molecule has 3 aromatic carbocycles. The zero-order valence-electron chi connectivity index (χ0n) is 15.5. The lowest BCUT2D eigenvalue weighted by molar-refractivity contribution is -0.137. The second-order valence-corrected chi connectivity index (χ2v) is 6.16. The molecule has 0 unspecified atom stereocenters. The van der Waals surface area contributed by atoms with Gasteiger partial charge in [-0.3, -0.25) is 0 Å². The van der Waals surface area contributed by atoms with Crippen molar-refractivity contribution in [1.82, 2.24) is 0 Å². The standard InChI is InChI=1S/C22H15BF5NO/c24-22(25,26)18-11-13-19(14-12-18)29-20(16-7-3-1-4-8-16)15-21(30-23(27)28)17-9-5-2-6-10-17/h1-15H/b21-15-,29-20?. The minimum Gasteiger partial charge on any atom is -0.505 e. The number of alkyl halides is 3. The highest BCUT2D eigenvalue weighted by molar-refractivity contribution is 6.36.